The largest absolute Gasteiger partial charge is 0.478 e. The van der Waals surface area contributed by atoms with E-state index < -0.39 is 5.82 Å². The summed E-state index contributed by atoms with van der Waals surface area (Å²) in [4.78, 5) is 27.9. The molecule has 0 bridgehead atoms. The molecule has 2 aliphatic rings. The van der Waals surface area contributed by atoms with Crippen LogP contribution in [0.25, 0.3) is 0 Å². The normalized spacial score (nSPS) is 19.0. The zero-order valence-electron chi connectivity index (χ0n) is 17.9. The van der Waals surface area contributed by atoms with Gasteiger partial charge in [-0.2, -0.15) is 5.10 Å². The molecular formula is C22H27FN4O3. The minimum atomic E-state index is -0.473. The standard InChI is InChI=1S/C22H27FN4O3/c1-13-18(14(2)25(4)24-13)11-27-20-9-17(8-19(23)22(20)30-12-21(27)29)16-6-5-7-26(10-16)15(3)28/h8-9,16H,5-7,10-12H2,1-4H3. The fraction of sp³-hybridized carbons (Fsp3) is 0.500. The number of carbonyl (C=O) groups excluding carboxylic acids is 2. The van der Waals surface area contributed by atoms with E-state index in [1.807, 2.05) is 27.0 Å². The van der Waals surface area contributed by atoms with E-state index >= 15 is 0 Å². The molecule has 7 nitrogen and oxygen atoms in total. The first-order valence-corrected chi connectivity index (χ1v) is 10.3. The van der Waals surface area contributed by atoms with Crippen LogP contribution in [0.1, 0.15) is 48.2 Å². The summed E-state index contributed by atoms with van der Waals surface area (Å²) >= 11 is 0. The van der Waals surface area contributed by atoms with E-state index in [4.69, 9.17) is 4.74 Å². The van der Waals surface area contributed by atoms with Gasteiger partial charge < -0.3 is 14.5 Å². The summed E-state index contributed by atoms with van der Waals surface area (Å²) in [5, 5.41) is 4.43. The van der Waals surface area contributed by atoms with Crippen molar-refractivity contribution in [3.63, 3.8) is 0 Å². The number of amides is 2. The maximum atomic E-state index is 15.0. The average molecular weight is 414 g/mol. The van der Waals surface area contributed by atoms with Crippen molar-refractivity contribution in [3.05, 3.63) is 40.5 Å². The smallest absolute Gasteiger partial charge is 0.265 e. The van der Waals surface area contributed by atoms with Crippen LogP contribution in [0.15, 0.2) is 12.1 Å². The Bertz CT molecular complexity index is 1020. The van der Waals surface area contributed by atoms with Crippen molar-refractivity contribution in [1.29, 1.82) is 0 Å². The number of aryl methyl sites for hydroxylation is 2. The number of benzene rings is 1. The van der Waals surface area contributed by atoms with Gasteiger partial charge in [0.05, 0.1) is 17.9 Å². The Kier molecular flexibility index (Phi) is 5.26. The molecule has 0 saturated carbocycles. The molecule has 8 heteroatoms. The van der Waals surface area contributed by atoms with Crippen LogP contribution < -0.4 is 9.64 Å². The Hall–Kier alpha value is -2.90. The number of anilines is 1. The molecule has 2 aliphatic heterocycles. The van der Waals surface area contributed by atoms with E-state index in [9.17, 15) is 14.0 Å². The van der Waals surface area contributed by atoms with Crippen molar-refractivity contribution in [2.75, 3.05) is 24.6 Å². The lowest BCUT2D eigenvalue weighted by Gasteiger charge is -2.34. The van der Waals surface area contributed by atoms with Crippen LogP contribution in [0, 0.1) is 19.7 Å². The van der Waals surface area contributed by atoms with E-state index in [0.717, 1.165) is 41.9 Å². The number of likely N-dealkylation sites (tertiary alicyclic amines) is 1. The molecule has 0 aliphatic carbocycles. The third kappa shape index (κ3) is 3.55. The SMILES string of the molecule is CC(=O)N1CCCC(c2cc(F)c3c(c2)N(Cc2c(C)nn(C)c2C)C(=O)CO3)C1. The summed E-state index contributed by atoms with van der Waals surface area (Å²) in [6.45, 7) is 6.83. The zero-order valence-corrected chi connectivity index (χ0v) is 17.9. The summed E-state index contributed by atoms with van der Waals surface area (Å²) in [6.07, 6.45) is 1.74. The lowest BCUT2D eigenvalue weighted by Crippen LogP contribution is -2.39. The van der Waals surface area contributed by atoms with Gasteiger partial charge in [0.15, 0.2) is 18.2 Å². The second kappa shape index (κ2) is 7.74. The van der Waals surface area contributed by atoms with Crippen molar-refractivity contribution in [2.45, 2.75) is 46.1 Å². The molecule has 4 rings (SSSR count). The van der Waals surface area contributed by atoms with E-state index in [1.54, 1.807) is 21.4 Å². The first kappa shape index (κ1) is 20.4. The van der Waals surface area contributed by atoms with Gasteiger partial charge in [-0.25, -0.2) is 4.39 Å². The summed E-state index contributed by atoms with van der Waals surface area (Å²) in [5.74, 6) is -0.518. The number of hydrogen-bond donors (Lipinski definition) is 0. The topological polar surface area (TPSA) is 67.7 Å². The number of ether oxygens (including phenoxy) is 1. The van der Waals surface area contributed by atoms with Gasteiger partial charge in [-0.15, -0.1) is 0 Å². The van der Waals surface area contributed by atoms with Crippen molar-refractivity contribution < 1.29 is 18.7 Å². The van der Waals surface area contributed by atoms with Crippen LogP contribution in [-0.4, -0.2) is 46.2 Å². The summed E-state index contributed by atoms with van der Waals surface area (Å²) in [7, 11) is 1.86. The van der Waals surface area contributed by atoms with Gasteiger partial charge in [0, 0.05) is 44.2 Å². The number of rotatable bonds is 3. The zero-order chi connectivity index (χ0) is 21.6. The highest BCUT2D eigenvalue weighted by molar-refractivity contribution is 5.98. The van der Waals surface area contributed by atoms with E-state index in [1.165, 1.54) is 6.07 Å². The molecule has 2 amide bonds. The highest BCUT2D eigenvalue weighted by Crippen LogP contribution is 2.40. The van der Waals surface area contributed by atoms with Crippen molar-refractivity contribution in [3.8, 4) is 5.75 Å². The summed E-state index contributed by atoms with van der Waals surface area (Å²) < 4.78 is 22.2. The molecule has 1 unspecified atom stereocenters. The van der Waals surface area contributed by atoms with Gasteiger partial charge in [0.25, 0.3) is 5.91 Å². The van der Waals surface area contributed by atoms with Gasteiger partial charge in [-0.05, 0) is 44.4 Å². The van der Waals surface area contributed by atoms with Crippen LogP contribution in [0.3, 0.4) is 0 Å². The molecular weight excluding hydrogens is 387 g/mol. The van der Waals surface area contributed by atoms with Crippen LogP contribution in [0.5, 0.6) is 5.75 Å². The van der Waals surface area contributed by atoms with Gasteiger partial charge in [-0.3, -0.25) is 14.3 Å². The van der Waals surface area contributed by atoms with Crippen molar-refractivity contribution in [2.24, 2.45) is 7.05 Å². The fourth-order valence-electron chi connectivity index (χ4n) is 4.44. The maximum absolute atomic E-state index is 15.0. The molecule has 2 aromatic rings. The van der Waals surface area contributed by atoms with E-state index in [2.05, 4.69) is 5.10 Å². The molecule has 1 fully saturated rings. The Morgan fingerprint density at radius 1 is 1.33 bits per heavy atom. The average Bonchev–Trinajstić information content (AvgIpc) is 2.95. The summed E-state index contributed by atoms with van der Waals surface area (Å²) in [5.41, 5.74) is 4.00. The second-order valence-corrected chi connectivity index (χ2v) is 8.20. The lowest BCUT2D eigenvalue weighted by molar-refractivity contribution is -0.130. The number of hydrogen-bond acceptors (Lipinski definition) is 4. The van der Waals surface area contributed by atoms with Gasteiger partial charge in [0.1, 0.15) is 0 Å². The third-order valence-corrected chi connectivity index (χ3v) is 6.29. The second-order valence-electron chi connectivity index (χ2n) is 8.20. The molecule has 3 heterocycles. The van der Waals surface area contributed by atoms with Gasteiger partial charge >= 0.3 is 0 Å². The fourth-order valence-corrected chi connectivity index (χ4v) is 4.44. The molecule has 160 valence electrons. The molecule has 1 aromatic heterocycles. The Morgan fingerprint density at radius 2 is 2.10 bits per heavy atom. The third-order valence-electron chi connectivity index (χ3n) is 6.29. The lowest BCUT2D eigenvalue weighted by atomic mass is 9.89. The van der Waals surface area contributed by atoms with E-state index in [-0.39, 0.29) is 30.1 Å². The van der Waals surface area contributed by atoms with Crippen LogP contribution in [0.4, 0.5) is 10.1 Å². The number of nitrogens with zero attached hydrogens (tertiary/aromatic N) is 4. The first-order valence-electron chi connectivity index (χ1n) is 10.3. The minimum Gasteiger partial charge on any atom is -0.478 e. The number of halogens is 1. The van der Waals surface area contributed by atoms with Crippen molar-refractivity contribution >= 4 is 17.5 Å². The molecule has 30 heavy (non-hydrogen) atoms. The molecule has 0 N–H and O–H groups in total. The summed E-state index contributed by atoms with van der Waals surface area (Å²) in [6, 6.07) is 3.34. The predicted octanol–water partition coefficient (Wildman–Crippen LogP) is 2.83. The number of aromatic nitrogens is 2. The minimum absolute atomic E-state index is 0.0285. The number of fused-ring (bicyclic) bond motifs is 1. The van der Waals surface area contributed by atoms with Gasteiger partial charge in [-0.1, -0.05) is 0 Å². The Labute approximate surface area is 175 Å². The van der Waals surface area contributed by atoms with Crippen LogP contribution in [-0.2, 0) is 23.2 Å². The van der Waals surface area contributed by atoms with Gasteiger partial charge in [0.2, 0.25) is 5.91 Å². The quantitative estimate of drug-likeness (QED) is 0.775. The predicted molar refractivity (Wildman–Crippen MR) is 110 cm³/mol. The monoisotopic (exact) mass is 414 g/mol. The van der Waals surface area contributed by atoms with Crippen LogP contribution >= 0.6 is 0 Å². The van der Waals surface area contributed by atoms with Crippen molar-refractivity contribution in [1.82, 2.24) is 14.7 Å². The molecule has 1 aromatic carbocycles. The molecule has 0 radical (unpaired) electrons. The van der Waals surface area contributed by atoms with Crippen LogP contribution in [0.2, 0.25) is 0 Å². The first-order chi connectivity index (χ1) is 14.3. The molecule has 1 saturated heterocycles. The number of carbonyl (C=O) groups is 2. The Morgan fingerprint density at radius 3 is 2.77 bits per heavy atom. The van der Waals surface area contributed by atoms with E-state index in [0.29, 0.717) is 18.8 Å². The highest BCUT2D eigenvalue weighted by atomic mass is 19.1. The molecule has 1 atom stereocenters. The molecule has 0 spiro atoms. The Balaban J connectivity index is 1.71. The number of piperidine rings is 1. The highest BCUT2D eigenvalue weighted by Gasteiger charge is 2.32. The maximum Gasteiger partial charge on any atom is 0.265 e.